The fourth-order valence-electron chi connectivity index (χ4n) is 3.24. The minimum Gasteiger partial charge on any atom is -0.459 e. The molecule has 1 saturated carbocycles. The van der Waals surface area contributed by atoms with E-state index >= 15 is 0 Å². The molecule has 0 atom stereocenters. The molecular weight excluding hydrogens is 278 g/mol. The minimum absolute atomic E-state index is 0.0862. The Morgan fingerprint density at radius 2 is 1.82 bits per heavy atom. The molecular formula is C18H23NO3. The maximum atomic E-state index is 12.1. The average Bonchev–Trinajstić information content (AvgIpc) is 2.94. The van der Waals surface area contributed by atoms with Crippen LogP contribution in [0, 0.1) is 0 Å². The molecule has 3 rings (SSSR count). The fraction of sp³-hybridized carbons (Fsp3) is 0.556. The summed E-state index contributed by atoms with van der Waals surface area (Å²) in [6.45, 7) is 1.47. The number of nitrogens with zero attached hydrogens (tertiary/aromatic N) is 1. The zero-order valence-electron chi connectivity index (χ0n) is 12.9. The number of amides is 1. The van der Waals surface area contributed by atoms with Gasteiger partial charge in [-0.05, 0) is 49.8 Å². The Hall–Kier alpha value is -1.84. The molecule has 4 nitrogen and oxygen atoms in total. The van der Waals surface area contributed by atoms with Crippen molar-refractivity contribution in [1.82, 2.24) is 4.90 Å². The van der Waals surface area contributed by atoms with Gasteiger partial charge in [0.2, 0.25) is 5.91 Å². The molecule has 0 spiro atoms. The Morgan fingerprint density at radius 3 is 2.45 bits per heavy atom. The van der Waals surface area contributed by atoms with Gasteiger partial charge >= 0.3 is 5.97 Å². The quantitative estimate of drug-likeness (QED) is 0.802. The third kappa shape index (κ3) is 3.67. The molecule has 1 amide bonds. The third-order valence-corrected chi connectivity index (χ3v) is 4.56. The van der Waals surface area contributed by atoms with E-state index in [1.807, 2.05) is 17.0 Å². The van der Waals surface area contributed by atoms with Gasteiger partial charge in [0.15, 0.2) is 0 Å². The Bertz CT molecular complexity index is 532. The van der Waals surface area contributed by atoms with Crippen molar-refractivity contribution in [3.8, 4) is 0 Å². The molecule has 1 aliphatic carbocycles. The third-order valence-electron chi connectivity index (χ3n) is 4.56. The maximum Gasteiger partial charge on any atom is 0.338 e. The lowest BCUT2D eigenvalue weighted by Crippen LogP contribution is -2.24. The fourth-order valence-corrected chi connectivity index (χ4v) is 3.24. The topological polar surface area (TPSA) is 46.6 Å². The van der Waals surface area contributed by atoms with Crippen molar-refractivity contribution in [3.63, 3.8) is 0 Å². The second-order valence-corrected chi connectivity index (χ2v) is 6.28. The molecule has 2 aliphatic rings. The highest BCUT2D eigenvalue weighted by Gasteiger charge is 2.21. The number of rotatable bonds is 4. The van der Waals surface area contributed by atoms with E-state index in [4.69, 9.17) is 4.74 Å². The molecule has 0 N–H and O–H groups in total. The molecule has 0 unspecified atom stereocenters. The summed E-state index contributed by atoms with van der Waals surface area (Å²) in [5, 5.41) is 0. The van der Waals surface area contributed by atoms with Gasteiger partial charge in [-0.15, -0.1) is 0 Å². The van der Waals surface area contributed by atoms with Crippen LogP contribution in [0.4, 0.5) is 0 Å². The van der Waals surface area contributed by atoms with Crippen LogP contribution in [0.2, 0.25) is 0 Å². The van der Waals surface area contributed by atoms with E-state index in [-0.39, 0.29) is 18.0 Å². The molecule has 1 aromatic carbocycles. The first kappa shape index (κ1) is 15.1. The zero-order valence-corrected chi connectivity index (χ0v) is 12.9. The summed E-state index contributed by atoms with van der Waals surface area (Å²) in [7, 11) is 0. The molecule has 118 valence electrons. The highest BCUT2D eigenvalue weighted by Crippen LogP contribution is 2.22. The van der Waals surface area contributed by atoms with Gasteiger partial charge in [0, 0.05) is 19.5 Å². The first-order valence-electron chi connectivity index (χ1n) is 8.30. The van der Waals surface area contributed by atoms with E-state index in [9.17, 15) is 9.59 Å². The van der Waals surface area contributed by atoms with E-state index < -0.39 is 0 Å². The van der Waals surface area contributed by atoms with E-state index in [0.717, 1.165) is 44.2 Å². The van der Waals surface area contributed by atoms with E-state index in [1.165, 1.54) is 6.42 Å². The lowest BCUT2D eigenvalue weighted by Gasteiger charge is -2.21. The standard InChI is InChI=1S/C18H23NO3/c20-17-7-4-12-19(17)13-14-8-10-15(11-9-14)18(21)22-16-5-2-1-3-6-16/h8-11,16H,1-7,12-13H2. The number of hydrogen-bond donors (Lipinski definition) is 0. The van der Waals surface area contributed by atoms with Crippen molar-refractivity contribution in [2.75, 3.05) is 6.54 Å². The SMILES string of the molecule is O=C(OC1CCCCC1)c1ccc(CN2CCCC2=O)cc1. The van der Waals surface area contributed by atoms with Crippen LogP contribution in [0.3, 0.4) is 0 Å². The lowest BCUT2D eigenvalue weighted by molar-refractivity contribution is -0.128. The summed E-state index contributed by atoms with van der Waals surface area (Å²) < 4.78 is 5.56. The van der Waals surface area contributed by atoms with Crippen LogP contribution in [-0.2, 0) is 16.1 Å². The van der Waals surface area contributed by atoms with Crippen LogP contribution < -0.4 is 0 Å². The Kier molecular flexibility index (Phi) is 4.76. The van der Waals surface area contributed by atoms with Crippen molar-refractivity contribution < 1.29 is 14.3 Å². The molecule has 1 aromatic rings. The van der Waals surface area contributed by atoms with Gasteiger partial charge in [-0.2, -0.15) is 0 Å². The van der Waals surface area contributed by atoms with Crippen molar-refractivity contribution >= 4 is 11.9 Å². The smallest absolute Gasteiger partial charge is 0.338 e. The van der Waals surface area contributed by atoms with Crippen molar-refractivity contribution in [2.24, 2.45) is 0 Å². The van der Waals surface area contributed by atoms with Crippen LogP contribution in [-0.4, -0.2) is 29.4 Å². The first-order chi connectivity index (χ1) is 10.7. The van der Waals surface area contributed by atoms with Gasteiger partial charge in [0.05, 0.1) is 5.56 Å². The van der Waals surface area contributed by atoms with Crippen LogP contribution >= 0.6 is 0 Å². The van der Waals surface area contributed by atoms with Gasteiger partial charge in [-0.25, -0.2) is 4.79 Å². The largest absolute Gasteiger partial charge is 0.459 e. The summed E-state index contributed by atoms with van der Waals surface area (Å²) in [5.74, 6) is -0.00326. The number of carbonyl (C=O) groups is 2. The van der Waals surface area contributed by atoms with Crippen LogP contribution in [0.15, 0.2) is 24.3 Å². The predicted octanol–water partition coefficient (Wildman–Crippen LogP) is 3.30. The number of likely N-dealkylation sites (tertiary alicyclic amines) is 1. The maximum absolute atomic E-state index is 12.1. The number of carbonyl (C=O) groups excluding carboxylic acids is 2. The molecule has 0 aromatic heterocycles. The Balaban J connectivity index is 1.56. The Labute approximate surface area is 131 Å². The van der Waals surface area contributed by atoms with Gasteiger partial charge in [-0.1, -0.05) is 18.6 Å². The summed E-state index contributed by atoms with van der Waals surface area (Å²) in [4.78, 5) is 25.6. The van der Waals surface area contributed by atoms with Crippen molar-refractivity contribution in [1.29, 1.82) is 0 Å². The lowest BCUT2D eigenvalue weighted by atomic mass is 9.98. The summed E-state index contributed by atoms with van der Waals surface area (Å²) in [5.41, 5.74) is 1.66. The molecule has 2 fully saturated rings. The van der Waals surface area contributed by atoms with E-state index in [2.05, 4.69) is 0 Å². The first-order valence-corrected chi connectivity index (χ1v) is 8.30. The molecule has 1 saturated heterocycles. The van der Waals surface area contributed by atoms with Crippen molar-refractivity contribution in [3.05, 3.63) is 35.4 Å². The molecule has 0 radical (unpaired) electrons. The van der Waals surface area contributed by atoms with Gasteiger partial charge in [0.25, 0.3) is 0 Å². The molecule has 1 heterocycles. The van der Waals surface area contributed by atoms with Gasteiger partial charge in [0.1, 0.15) is 6.10 Å². The highest BCUT2D eigenvalue weighted by molar-refractivity contribution is 5.89. The number of ether oxygens (including phenoxy) is 1. The summed E-state index contributed by atoms with van der Waals surface area (Å²) >= 11 is 0. The predicted molar refractivity (Wildman–Crippen MR) is 83.4 cm³/mol. The highest BCUT2D eigenvalue weighted by atomic mass is 16.5. The van der Waals surface area contributed by atoms with Crippen LogP contribution in [0.25, 0.3) is 0 Å². The second kappa shape index (κ2) is 6.95. The van der Waals surface area contributed by atoms with Gasteiger partial charge in [-0.3, -0.25) is 4.79 Å². The average molecular weight is 301 g/mol. The van der Waals surface area contributed by atoms with E-state index in [0.29, 0.717) is 18.5 Å². The number of esters is 1. The number of benzene rings is 1. The molecule has 1 aliphatic heterocycles. The monoisotopic (exact) mass is 301 g/mol. The van der Waals surface area contributed by atoms with Crippen molar-refractivity contribution in [2.45, 2.75) is 57.6 Å². The number of hydrogen-bond acceptors (Lipinski definition) is 3. The van der Waals surface area contributed by atoms with Gasteiger partial charge < -0.3 is 9.64 Å². The zero-order chi connectivity index (χ0) is 15.4. The van der Waals surface area contributed by atoms with E-state index in [1.54, 1.807) is 12.1 Å². The molecule has 22 heavy (non-hydrogen) atoms. The summed E-state index contributed by atoms with van der Waals surface area (Å²) in [6, 6.07) is 7.45. The normalized spacial score (nSPS) is 19.5. The Morgan fingerprint density at radius 1 is 1.09 bits per heavy atom. The summed E-state index contributed by atoms with van der Waals surface area (Å²) in [6.07, 6.45) is 7.22. The molecule has 0 bridgehead atoms. The van der Waals surface area contributed by atoms with Crippen LogP contribution in [0.5, 0.6) is 0 Å². The van der Waals surface area contributed by atoms with Crippen LogP contribution in [0.1, 0.15) is 60.9 Å². The second-order valence-electron chi connectivity index (χ2n) is 6.28. The molecule has 4 heteroatoms. The minimum atomic E-state index is -0.226.